The Bertz CT molecular complexity index is 318. The van der Waals surface area contributed by atoms with Crippen LogP contribution < -0.4 is 15.4 Å². The molecule has 0 aromatic carbocycles. The van der Waals surface area contributed by atoms with Crippen molar-refractivity contribution in [1.82, 2.24) is 9.55 Å². The van der Waals surface area contributed by atoms with Gasteiger partial charge in [0, 0.05) is 7.05 Å². The lowest BCUT2D eigenvalue weighted by atomic mass is 10.6. The summed E-state index contributed by atoms with van der Waals surface area (Å²) in [7, 11) is 2.71. The monoisotopic (exact) mass is 155 g/mol. The molecule has 0 N–H and O–H groups in total. The highest BCUT2D eigenvalue weighted by Crippen LogP contribution is 2.03. The summed E-state index contributed by atoms with van der Waals surface area (Å²) in [5.41, 5.74) is -0.415. The molecule has 0 aliphatic rings. The smallest absolute Gasteiger partial charge is 0.256 e. The van der Waals surface area contributed by atoms with Crippen molar-refractivity contribution in [2.45, 2.75) is 0 Å². The van der Waals surface area contributed by atoms with E-state index in [1.807, 2.05) is 0 Å². The van der Waals surface area contributed by atoms with Crippen LogP contribution in [0.5, 0.6) is 11.9 Å². The van der Waals surface area contributed by atoms with E-state index in [0.29, 0.717) is 0 Å². The molecule has 0 unspecified atom stereocenters. The van der Waals surface area contributed by atoms with E-state index in [9.17, 15) is 9.90 Å². The van der Waals surface area contributed by atoms with Crippen LogP contribution in [-0.4, -0.2) is 16.7 Å². The first-order chi connectivity index (χ1) is 5.15. The Balaban J connectivity index is 3.32. The second kappa shape index (κ2) is 2.61. The second-order valence-corrected chi connectivity index (χ2v) is 1.98. The van der Waals surface area contributed by atoms with E-state index >= 15 is 0 Å². The van der Waals surface area contributed by atoms with Gasteiger partial charge in [-0.15, -0.1) is 0 Å². The Labute approximate surface area is 62.9 Å². The lowest BCUT2D eigenvalue weighted by Gasteiger charge is -2.10. The second-order valence-electron chi connectivity index (χ2n) is 1.98. The largest absolute Gasteiger partial charge is 0.846 e. The van der Waals surface area contributed by atoms with Crippen molar-refractivity contribution in [2.75, 3.05) is 7.11 Å². The molecule has 5 nitrogen and oxygen atoms in total. The van der Waals surface area contributed by atoms with E-state index in [4.69, 9.17) is 0 Å². The number of aromatic nitrogens is 2. The lowest BCUT2D eigenvalue weighted by molar-refractivity contribution is -0.286. The van der Waals surface area contributed by atoms with Crippen molar-refractivity contribution in [2.24, 2.45) is 7.05 Å². The molecule has 0 aliphatic heterocycles. The van der Waals surface area contributed by atoms with Gasteiger partial charge < -0.3 is 14.4 Å². The molecule has 0 saturated carbocycles. The average molecular weight is 155 g/mol. The lowest BCUT2D eigenvalue weighted by Crippen LogP contribution is -2.21. The molecular weight excluding hydrogens is 148 g/mol. The normalized spacial score (nSPS) is 9.64. The number of hydrogen-bond acceptors (Lipinski definition) is 4. The Hall–Kier alpha value is -1.52. The quantitative estimate of drug-likeness (QED) is 0.514. The Morgan fingerprint density at radius 2 is 2.36 bits per heavy atom. The summed E-state index contributed by atoms with van der Waals surface area (Å²) in [4.78, 5) is 14.3. The minimum Gasteiger partial charge on any atom is -0.846 e. The van der Waals surface area contributed by atoms with Gasteiger partial charge in [0.05, 0.1) is 19.2 Å². The molecule has 60 valence electrons. The van der Waals surface area contributed by atoms with Crippen LogP contribution in [0.2, 0.25) is 0 Å². The number of hydrogen-bond donors (Lipinski definition) is 0. The highest BCUT2D eigenvalue weighted by molar-refractivity contribution is 5.10. The van der Waals surface area contributed by atoms with Crippen molar-refractivity contribution in [3.8, 4) is 11.9 Å². The summed E-state index contributed by atoms with van der Waals surface area (Å²) in [5.74, 6) is 0.0538. The fraction of sp³-hybridized carbons (Fsp3) is 0.333. The van der Waals surface area contributed by atoms with Crippen LogP contribution in [0, 0.1) is 0 Å². The van der Waals surface area contributed by atoms with Gasteiger partial charge in [-0.2, -0.15) is 0 Å². The molecule has 1 aromatic heterocycles. The van der Waals surface area contributed by atoms with Gasteiger partial charge in [-0.1, -0.05) is 0 Å². The third-order valence-electron chi connectivity index (χ3n) is 1.28. The molecule has 0 fully saturated rings. The minimum absolute atomic E-state index is 0.0538. The number of ether oxygens (including phenoxy) is 1. The van der Waals surface area contributed by atoms with E-state index in [1.165, 1.54) is 14.2 Å². The molecule has 0 radical (unpaired) electrons. The van der Waals surface area contributed by atoms with Crippen LogP contribution in [0.15, 0.2) is 10.9 Å². The maximum Gasteiger partial charge on any atom is 0.256 e. The summed E-state index contributed by atoms with van der Waals surface area (Å²) >= 11 is 0. The third kappa shape index (κ3) is 1.31. The van der Waals surface area contributed by atoms with Crippen LogP contribution in [0.25, 0.3) is 0 Å². The average Bonchev–Trinajstić information content (AvgIpc) is 1.99. The molecule has 0 aliphatic carbocycles. The first-order valence-electron chi connectivity index (χ1n) is 2.94. The maximum absolute atomic E-state index is 10.9. The molecule has 0 saturated heterocycles. The van der Waals surface area contributed by atoms with E-state index in [-0.39, 0.29) is 5.88 Å². The molecular formula is C6H7N2O3-. The standard InChI is InChI=1S/C6H8N2O3/c1-8-5(9)3-4(11-2)7-6(8)10/h3H,1-2H3,(H,7,10)/p-1. The SMILES string of the molecule is COc1cc(=O)n(C)c([O-])n1. The van der Waals surface area contributed by atoms with Gasteiger partial charge >= 0.3 is 0 Å². The summed E-state index contributed by atoms with van der Waals surface area (Å²) in [5, 5.41) is 10.8. The van der Waals surface area contributed by atoms with Crippen molar-refractivity contribution in [1.29, 1.82) is 0 Å². The first-order valence-corrected chi connectivity index (χ1v) is 2.94. The first kappa shape index (κ1) is 7.59. The molecule has 0 amide bonds. The number of nitrogens with zero attached hydrogens (tertiary/aromatic N) is 2. The van der Waals surface area contributed by atoms with E-state index in [0.717, 1.165) is 10.6 Å². The third-order valence-corrected chi connectivity index (χ3v) is 1.28. The summed E-state index contributed by atoms with van der Waals surface area (Å²) in [6, 6.07) is 0.552. The topological polar surface area (TPSA) is 67.2 Å². The summed E-state index contributed by atoms with van der Waals surface area (Å²) < 4.78 is 5.51. The van der Waals surface area contributed by atoms with Crippen LogP contribution in [0.4, 0.5) is 0 Å². The van der Waals surface area contributed by atoms with E-state index in [2.05, 4.69) is 9.72 Å². The minimum atomic E-state index is -0.602. The van der Waals surface area contributed by atoms with Crippen molar-refractivity contribution < 1.29 is 9.84 Å². The van der Waals surface area contributed by atoms with Gasteiger partial charge in [0.1, 0.15) is 0 Å². The van der Waals surface area contributed by atoms with Gasteiger partial charge in [0.2, 0.25) is 5.88 Å². The summed E-state index contributed by atoms with van der Waals surface area (Å²) in [6.07, 6.45) is 0. The molecule has 11 heavy (non-hydrogen) atoms. The Kier molecular flexibility index (Phi) is 1.80. The van der Waals surface area contributed by atoms with Gasteiger partial charge in [0.25, 0.3) is 5.56 Å². The number of rotatable bonds is 1. The highest BCUT2D eigenvalue weighted by atomic mass is 16.5. The highest BCUT2D eigenvalue weighted by Gasteiger charge is 1.96. The molecule has 1 rings (SSSR count). The van der Waals surface area contributed by atoms with Gasteiger partial charge in [-0.3, -0.25) is 4.79 Å². The predicted octanol–water partition coefficient (Wildman–Crippen LogP) is -1.14. The van der Waals surface area contributed by atoms with Crippen molar-refractivity contribution >= 4 is 0 Å². The zero-order valence-corrected chi connectivity index (χ0v) is 6.20. The van der Waals surface area contributed by atoms with Gasteiger partial charge in [-0.25, -0.2) is 4.98 Å². The van der Waals surface area contributed by atoms with Crippen LogP contribution >= 0.6 is 0 Å². The molecule has 1 heterocycles. The maximum atomic E-state index is 10.9. The van der Waals surface area contributed by atoms with E-state index in [1.54, 1.807) is 0 Å². The predicted molar refractivity (Wildman–Crippen MR) is 35.5 cm³/mol. The fourth-order valence-corrected chi connectivity index (χ4v) is 0.603. The van der Waals surface area contributed by atoms with Crippen LogP contribution in [-0.2, 0) is 7.05 Å². The van der Waals surface area contributed by atoms with E-state index < -0.39 is 11.6 Å². The number of methoxy groups -OCH3 is 1. The van der Waals surface area contributed by atoms with Crippen LogP contribution in [0.3, 0.4) is 0 Å². The zero-order valence-electron chi connectivity index (χ0n) is 6.20. The van der Waals surface area contributed by atoms with Crippen molar-refractivity contribution in [3.63, 3.8) is 0 Å². The zero-order chi connectivity index (χ0) is 8.43. The van der Waals surface area contributed by atoms with Gasteiger partial charge in [0.15, 0.2) is 0 Å². The Morgan fingerprint density at radius 1 is 1.73 bits per heavy atom. The fourth-order valence-electron chi connectivity index (χ4n) is 0.603. The molecule has 1 aromatic rings. The van der Waals surface area contributed by atoms with Gasteiger partial charge in [-0.05, 0) is 0 Å². The Morgan fingerprint density at radius 3 is 2.82 bits per heavy atom. The molecule has 5 heteroatoms. The summed E-state index contributed by atoms with van der Waals surface area (Å²) in [6.45, 7) is 0. The molecule has 0 atom stereocenters. The molecule has 0 bridgehead atoms. The van der Waals surface area contributed by atoms with Crippen LogP contribution in [0.1, 0.15) is 0 Å². The van der Waals surface area contributed by atoms with Crippen molar-refractivity contribution in [3.05, 3.63) is 16.4 Å². The molecule has 0 spiro atoms.